The first kappa shape index (κ1) is 31.3. The lowest BCUT2D eigenvalue weighted by Gasteiger charge is -2.33. The van der Waals surface area contributed by atoms with Crippen LogP contribution < -0.4 is 15.5 Å². The van der Waals surface area contributed by atoms with E-state index in [9.17, 15) is 0 Å². The molecule has 238 valence electrons. The molecule has 3 N–H and O–H groups in total. The number of anilines is 2. The van der Waals surface area contributed by atoms with Crippen LogP contribution in [0.5, 0.6) is 0 Å². The molecule has 3 aromatic heterocycles. The molecule has 9 heteroatoms. The number of pyridine rings is 1. The third-order valence-corrected chi connectivity index (χ3v) is 8.61. The van der Waals surface area contributed by atoms with Gasteiger partial charge in [0.2, 0.25) is 0 Å². The van der Waals surface area contributed by atoms with Crippen molar-refractivity contribution in [2.45, 2.75) is 44.7 Å². The molecule has 0 amide bonds. The number of hydrogen-bond acceptors (Lipinski definition) is 8. The molecule has 2 fully saturated rings. The lowest BCUT2D eigenvalue weighted by atomic mass is 10.0. The van der Waals surface area contributed by atoms with Gasteiger partial charge in [-0.2, -0.15) is 0 Å². The molecule has 6 rings (SSSR count). The van der Waals surface area contributed by atoms with Gasteiger partial charge < -0.3 is 20.5 Å². The molecule has 9 nitrogen and oxygen atoms in total. The van der Waals surface area contributed by atoms with E-state index in [1.54, 1.807) is 6.33 Å². The van der Waals surface area contributed by atoms with Gasteiger partial charge in [-0.1, -0.05) is 31.2 Å². The zero-order chi connectivity index (χ0) is 31.9. The van der Waals surface area contributed by atoms with Crippen molar-refractivity contribution in [2.24, 2.45) is 0 Å². The van der Waals surface area contributed by atoms with Gasteiger partial charge in [-0.15, -0.1) is 0 Å². The summed E-state index contributed by atoms with van der Waals surface area (Å²) in [4.78, 5) is 24.2. The third kappa shape index (κ3) is 7.94. The average Bonchev–Trinajstić information content (AvgIpc) is 3.50. The maximum Gasteiger partial charge on any atom is 0.143 e. The van der Waals surface area contributed by atoms with E-state index in [4.69, 9.17) is 0 Å². The highest BCUT2D eigenvalue weighted by Gasteiger charge is 2.21. The molecule has 0 spiro atoms. The number of nitrogens with one attached hydrogen (secondary N) is 3. The Labute approximate surface area is 272 Å². The molecule has 1 aromatic carbocycles. The highest BCUT2D eigenvalue weighted by atomic mass is 15.2. The molecule has 0 saturated carbocycles. The molecule has 2 saturated heterocycles. The van der Waals surface area contributed by atoms with Crippen LogP contribution in [0.3, 0.4) is 0 Å². The number of aromatic nitrogens is 4. The van der Waals surface area contributed by atoms with Crippen LogP contribution in [0, 0.1) is 11.8 Å². The normalized spacial score (nSPS) is 17.0. The monoisotopic (exact) mass is 615 g/mol. The van der Waals surface area contributed by atoms with Crippen molar-refractivity contribution >= 4 is 28.2 Å². The minimum absolute atomic E-state index is 0.352. The van der Waals surface area contributed by atoms with Crippen LogP contribution in [0.25, 0.3) is 28.0 Å². The summed E-state index contributed by atoms with van der Waals surface area (Å²) < 4.78 is 0. The number of piperidine rings is 2. The van der Waals surface area contributed by atoms with Crippen molar-refractivity contribution in [2.75, 3.05) is 57.0 Å². The number of hydrogen-bond donors (Lipinski definition) is 3. The molecule has 46 heavy (non-hydrogen) atoms. The second-order valence-corrected chi connectivity index (χ2v) is 12.7. The number of allylic oxidation sites excluding steroid dienone is 1. The second-order valence-electron chi connectivity index (χ2n) is 12.7. The lowest BCUT2D eigenvalue weighted by molar-refractivity contribution is 0.189. The summed E-state index contributed by atoms with van der Waals surface area (Å²) in [5, 5.41) is 8.06. The number of rotatable bonds is 10. The van der Waals surface area contributed by atoms with Gasteiger partial charge in [0.15, 0.2) is 0 Å². The van der Waals surface area contributed by atoms with Crippen LogP contribution in [-0.4, -0.2) is 82.6 Å². The Hall–Kier alpha value is -4.65. The molecule has 1 unspecified atom stereocenters. The quantitative estimate of drug-likeness (QED) is 0.195. The smallest absolute Gasteiger partial charge is 0.143 e. The zero-order valence-corrected chi connectivity index (χ0v) is 27.1. The number of fused-ring (bicyclic) bond motifs is 1. The molecule has 4 aromatic rings. The maximum atomic E-state index is 4.63. The summed E-state index contributed by atoms with van der Waals surface area (Å²) in [6.07, 6.45) is 9.52. The molecule has 1 atom stereocenters. The SMILES string of the molecule is C=C(C#CCN(C)C)NC1CCCN(Cc2ccnc(C(=C)Nc3ccc(-c4cc5c(N6CCCCC6)ncnc5[nH]4)cc3)c2)C1. The fraction of sp³-hybridized carbons (Fsp3) is 0.378. The molecule has 2 aliphatic heterocycles. The van der Waals surface area contributed by atoms with Gasteiger partial charge >= 0.3 is 0 Å². The first-order valence-electron chi connectivity index (χ1n) is 16.3. The Morgan fingerprint density at radius 2 is 1.83 bits per heavy atom. The summed E-state index contributed by atoms with van der Waals surface area (Å²) in [7, 11) is 4.04. The molecule has 5 heterocycles. The zero-order valence-electron chi connectivity index (χ0n) is 27.1. The van der Waals surface area contributed by atoms with Crippen LogP contribution in [0.15, 0.2) is 73.8 Å². The van der Waals surface area contributed by atoms with Crippen LogP contribution in [-0.2, 0) is 6.54 Å². The first-order valence-corrected chi connectivity index (χ1v) is 16.3. The van der Waals surface area contributed by atoms with Gasteiger partial charge in [0, 0.05) is 49.8 Å². The van der Waals surface area contributed by atoms with Crippen LogP contribution in [0.2, 0.25) is 0 Å². The van der Waals surface area contributed by atoms with Crippen LogP contribution in [0.4, 0.5) is 11.5 Å². The Morgan fingerprint density at radius 1 is 1.00 bits per heavy atom. The first-order chi connectivity index (χ1) is 22.4. The molecular weight excluding hydrogens is 570 g/mol. The van der Waals surface area contributed by atoms with E-state index in [1.807, 2.05) is 20.3 Å². The summed E-state index contributed by atoms with van der Waals surface area (Å²) >= 11 is 0. The fourth-order valence-electron chi connectivity index (χ4n) is 6.31. The van der Waals surface area contributed by atoms with Crippen molar-refractivity contribution in [3.05, 3.63) is 85.1 Å². The van der Waals surface area contributed by atoms with Crippen molar-refractivity contribution in [1.82, 2.24) is 35.1 Å². The highest BCUT2D eigenvalue weighted by Crippen LogP contribution is 2.31. The van der Waals surface area contributed by atoms with Crippen molar-refractivity contribution in [3.63, 3.8) is 0 Å². The van der Waals surface area contributed by atoms with Crippen LogP contribution >= 0.6 is 0 Å². The van der Waals surface area contributed by atoms with Gasteiger partial charge in [-0.05, 0) is 100 Å². The Kier molecular flexibility index (Phi) is 9.97. The number of nitrogens with zero attached hydrogens (tertiary/aromatic N) is 6. The molecule has 0 aliphatic carbocycles. The lowest BCUT2D eigenvalue weighted by Crippen LogP contribution is -2.44. The van der Waals surface area contributed by atoms with Gasteiger partial charge in [-0.25, -0.2) is 9.97 Å². The molecular formula is C37H45N9. The third-order valence-electron chi connectivity index (χ3n) is 8.61. The summed E-state index contributed by atoms with van der Waals surface area (Å²) in [5.41, 5.74) is 7.60. The number of likely N-dealkylation sites (tertiary alicyclic amines) is 1. The average molecular weight is 616 g/mol. The minimum Gasteiger partial charge on any atom is -0.375 e. The maximum absolute atomic E-state index is 4.63. The Balaban J connectivity index is 1.05. The molecule has 0 bridgehead atoms. The van der Waals surface area contributed by atoms with E-state index in [0.29, 0.717) is 6.04 Å². The van der Waals surface area contributed by atoms with Crippen molar-refractivity contribution in [3.8, 4) is 23.1 Å². The van der Waals surface area contributed by atoms with E-state index in [1.165, 1.54) is 24.8 Å². The molecule has 0 radical (unpaired) electrons. The second kappa shape index (κ2) is 14.6. The largest absolute Gasteiger partial charge is 0.375 e. The summed E-state index contributed by atoms with van der Waals surface area (Å²) in [6.45, 7) is 14.1. The minimum atomic E-state index is 0.352. The van der Waals surface area contributed by atoms with Crippen molar-refractivity contribution < 1.29 is 0 Å². The molecule has 2 aliphatic rings. The highest BCUT2D eigenvalue weighted by molar-refractivity contribution is 5.92. The number of benzene rings is 1. The standard InChI is InChI=1S/C37H45N9/c1-27(10-8-18-44(3)4)41-32-11-9-19-45(25-32)24-29-16-17-38-34(22-29)28(2)42-31-14-12-30(13-15-31)35-23-33-36(43-35)39-26-40-37(33)46-20-6-5-7-21-46/h12-17,22-23,26,32,41-42H,1-2,5-7,9,11,18-21,24-25H2,3-4H3,(H,39,40,43). The van der Waals surface area contributed by atoms with Gasteiger partial charge in [0.25, 0.3) is 0 Å². The predicted octanol–water partition coefficient (Wildman–Crippen LogP) is 5.73. The van der Waals surface area contributed by atoms with Gasteiger partial charge in [0.1, 0.15) is 17.8 Å². The Bertz CT molecular complexity index is 1720. The van der Waals surface area contributed by atoms with Gasteiger partial charge in [-0.3, -0.25) is 14.8 Å². The van der Waals surface area contributed by atoms with Gasteiger partial charge in [0.05, 0.1) is 29.0 Å². The van der Waals surface area contributed by atoms with Crippen LogP contribution in [0.1, 0.15) is 43.4 Å². The van der Waals surface area contributed by atoms with E-state index in [-0.39, 0.29) is 0 Å². The van der Waals surface area contributed by atoms with E-state index >= 15 is 0 Å². The summed E-state index contributed by atoms with van der Waals surface area (Å²) in [6, 6.07) is 15.1. The van der Waals surface area contributed by atoms with E-state index in [2.05, 4.69) is 113 Å². The topological polar surface area (TPSA) is 88.2 Å². The predicted molar refractivity (Wildman–Crippen MR) is 189 cm³/mol. The summed E-state index contributed by atoms with van der Waals surface area (Å²) in [5.74, 6) is 7.33. The van der Waals surface area contributed by atoms with E-state index < -0.39 is 0 Å². The number of aromatic amines is 1. The van der Waals surface area contributed by atoms with E-state index in [0.717, 1.165) is 103 Å². The number of H-pyrrole nitrogens is 1. The van der Waals surface area contributed by atoms with Crippen molar-refractivity contribution in [1.29, 1.82) is 0 Å². The Morgan fingerprint density at radius 3 is 2.63 bits per heavy atom. The fourth-order valence-corrected chi connectivity index (χ4v) is 6.31.